The SMILES string of the molecule is CCC(C)(O)COc1ccc([N+](=O)[O-])cc1F. The maximum atomic E-state index is 13.4. The molecule has 1 aromatic rings. The molecular weight excluding hydrogens is 229 g/mol. The summed E-state index contributed by atoms with van der Waals surface area (Å²) in [6.07, 6.45) is 0.460. The van der Waals surface area contributed by atoms with Crippen molar-refractivity contribution in [3.63, 3.8) is 0 Å². The van der Waals surface area contributed by atoms with Crippen molar-refractivity contribution in [2.24, 2.45) is 0 Å². The Kier molecular flexibility index (Phi) is 4.01. The maximum absolute atomic E-state index is 13.4. The highest BCUT2D eigenvalue weighted by Crippen LogP contribution is 2.23. The molecule has 0 aromatic heterocycles. The monoisotopic (exact) mass is 243 g/mol. The number of non-ortho nitro benzene ring substituents is 1. The Labute approximate surface area is 98.0 Å². The molecule has 0 fully saturated rings. The molecule has 94 valence electrons. The van der Waals surface area contributed by atoms with E-state index in [2.05, 4.69) is 0 Å². The molecule has 1 aromatic carbocycles. The van der Waals surface area contributed by atoms with Crippen LogP contribution in [-0.2, 0) is 0 Å². The topological polar surface area (TPSA) is 72.6 Å². The Hall–Kier alpha value is -1.69. The van der Waals surface area contributed by atoms with Gasteiger partial charge in [-0.25, -0.2) is 4.39 Å². The second-order valence-corrected chi connectivity index (χ2v) is 4.01. The van der Waals surface area contributed by atoms with Gasteiger partial charge >= 0.3 is 0 Å². The number of hydrogen-bond donors (Lipinski definition) is 1. The van der Waals surface area contributed by atoms with Crippen LogP contribution >= 0.6 is 0 Å². The standard InChI is InChI=1S/C11H14FNO4/c1-3-11(2,14)7-17-10-5-4-8(13(15)16)6-9(10)12/h4-6,14H,3,7H2,1-2H3. The van der Waals surface area contributed by atoms with Crippen molar-refractivity contribution in [3.8, 4) is 5.75 Å². The molecule has 6 heteroatoms. The minimum atomic E-state index is -1.05. The normalized spacial score (nSPS) is 14.1. The summed E-state index contributed by atoms with van der Waals surface area (Å²) < 4.78 is 18.5. The largest absolute Gasteiger partial charge is 0.488 e. The molecule has 0 spiro atoms. The molecule has 1 N–H and O–H groups in total. The lowest BCUT2D eigenvalue weighted by Crippen LogP contribution is -2.31. The molecule has 0 aliphatic rings. The van der Waals surface area contributed by atoms with E-state index in [4.69, 9.17) is 4.74 Å². The van der Waals surface area contributed by atoms with Gasteiger partial charge < -0.3 is 9.84 Å². The van der Waals surface area contributed by atoms with Gasteiger partial charge in [-0.3, -0.25) is 10.1 Å². The molecule has 0 radical (unpaired) electrons. The minimum Gasteiger partial charge on any atom is -0.488 e. The van der Waals surface area contributed by atoms with Crippen molar-refractivity contribution in [1.29, 1.82) is 0 Å². The molecule has 5 nitrogen and oxygen atoms in total. The Morgan fingerprint density at radius 3 is 2.71 bits per heavy atom. The smallest absolute Gasteiger partial charge is 0.272 e. The van der Waals surface area contributed by atoms with Crippen molar-refractivity contribution < 1.29 is 19.2 Å². The number of nitro groups is 1. The van der Waals surface area contributed by atoms with Crippen molar-refractivity contribution >= 4 is 5.69 Å². The van der Waals surface area contributed by atoms with Crippen LogP contribution in [0.25, 0.3) is 0 Å². The van der Waals surface area contributed by atoms with Crippen molar-refractivity contribution in [1.82, 2.24) is 0 Å². The quantitative estimate of drug-likeness (QED) is 0.636. The van der Waals surface area contributed by atoms with Crippen LogP contribution in [0, 0.1) is 15.9 Å². The summed E-state index contributed by atoms with van der Waals surface area (Å²) in [4.78, 5) is 9.70. The van der Waals surface area contributed by atoms with Crippen LogP contribution in [-0.4, -0.2) is 22.2 Å². The number of ether oxygens (including phenoxy) is 1. The van der Waals surface area contributed by atoms with Crippen LogP contribution < -0.4 is 4.74 Å². The zero-order valence-corrected chi connectivity index (χ0v) is 9.64. The first-order valence-electron chi connectivity index (χ1n) is 5.15. The van der Waals surface area contributed by atoms with Gasteiger partial charge in [-0.05, 0) is 19.4 Å². The van der Waals surface area contributed by atoms with Crippen LogP contribution in [0.4, 0.5) is 10.1 Å². The lowest BCUT2D eigenvalue weighted by molar-refractivity contribution is -0.385. The second-order valence-electron chi connectivity index (χ2n) is 4.01. The summed E-state index contributed by atoms with van der Waals surface area (Å²) in [5.41, 5.74) is -1.38. The molecule has 0 amide bonds. The lowest BCUT2D eigenvalue weighted by atomic mass is 10.1. The van der Waals surface area contributed by atoms with Crippen molar-refractivity contribution in [2.75, 3.05) is 6.61 Å². The van der Waals surface area contributed by atoms with Gasteiger partial charge in [0.15, 0.2) is 11.6 Å². The third-order valence-corrected chi connectivity index (χ3v) is 2.43. The lowest BCUT2D eigenvalue weighted by Gasteiger charge is -2.21. The molecule has 0 aliphatic heterocycles. The number of nitrogens with zero attached hydrogens (tertiary/aromatic N) is 1. The van der Waals surface area contributed by atoms with Crippen LogP contribution in [0.3, 0.4) is 0 Å². The van der Waals surface area contributed by atoms with E-state index in [1.54, 1.807) is 13.8 Å². The molecule has 0 saturated carbocycles. The molecule has 17 heavy (non-hydrogen) atoms. The molecule has 0 aliphatic carbocycles. The van der Waals surface area contributed by atoms with Gasteiger partial charge in [-0.15, -0.1) is 0 Å². The van der Waals surface area contributed by atoms with Gasteiger partial charge in [0.2, 0.25) is 0 Å². The number of aliphatic hydroxyl groups is 1. The maximum Gasteiger partial charge on any atom is 0.272 e. The van der Waals surface area contributed by atoms with Crippen LogP contribution in [0.1, 0.15) is 20.3 Å². The zero-order valence-electron chi connectivity index (χ0n) is 9.64. The van der Waals surface area contributed by atoms with Crippen LogP contribution in [0.15, 0.2) is 18.2 Å². The Morgan fingerprint density at radius 1 is 1.59 bits per heavy atom. The van der Waals surface area contributed by atoms with Gasteiger partial charge in [-0.1, -0.05) is 6.92 Å². The molecule has 0 saturated heterocycles. The van der Waals surface area contributed by atoms with Gasteiger partial charge in [0.05, 0.1) is 16.6 Å². The van der Waals surface area contributed by atoms with Crippen LogP contribution in [0.5, 0.6) is 5.75 Å². The molecule has 1 rings (SSSR count). The molecule has 1 atom stereocenters. The fourth-order valence-electron chi connectivity index (χ4n) is 1.06. The fraction of sp³-hybridized carbons (Fsp3) is 0.455. The number of hydrogen-bond acceptors (Lipinski definition) is 4. The fourth-order valence-corrected chi connectivity index (χ4v) is 1.06. The van der Waals surface area contributed by atoms with E-state index in [0.717, 1.165) is 12.1 Å². The van der Waals surface area contributed by atoms with E-state index in [1.165, 1.54) is 6.07 Å². The Balaban J connectivity index is 2.77. The minimum absolute atomic E-state index is 0.0712. The summed E-state index contributed by atoms with van der Waals surface area (Å²) in [6.45, 7) is 3.27. The number of rotatable bonds is 5. The molecule has 0 heterocycles. The predicted molar refractivity (Wildman–Crippen MR) is 59.5 cm³/mol. The first-order valence-corrected chi connectivity index (χ1v) is 5.15. The predicted octanol–water partition coefficient (Wildman–Crippen LogP) is 2.27. The summed E-state index contributed by atoms with van der Waals surface area (Å²) >= 11 is 0. The van der Waals surface area contributed by atoms with Crippen LogP contribution in [0.2, 0.25) is 0 Å². The zero-order chi connectivity index (χ0) is 13.1. The average molecular weight is 243 g/mol. The first kappa shape index (κ1) is 13.4. The summed E-state index contributed by atoms with van der Waals surface area (Å²) in [7, 11) is 0. The summed E-state index contributed by atoms with van der Waals surface area (Å²) in [6, 6.07) is 3.12. The highest BCUT2D eigenvalue weighted by molar-refractivity contribution is 5.37. The van der Waals surface area contributed by atoms with E-state index in [-0.39, 0.29) is 18.0 Å². The van der Waals surface area contributed by atoms with E-state index < -0.39 is 16.3 Å². The number of nitro benzene ring substituents is 1. The molecular formula is C11H14FNO4. The van der Waals surface area contributed by atoms with E-state index >= 15 is 0 Å². The van der Waals surface area contributed by atoms with E-state index in [9.17, 15) is 19.6 Å². The third-order valence-electron chi connectivity index (χ3n) is 2.43. The summed E-state index contributed by atoms with van der Waals surface area (Å²) in [5.74, 6) is -0.921. The Bertz CT molecular complexity index is 420. The number of halogens is 1. The summed E-state index contributed by atoms with van der Waals surface area (Å²) in [5, 5.41) is 20.0. The molecule has 1 unspecified atom stereocenters. The van der Waals surface area contributed by atoms with Gasteiger partial charge in [0.1, 0.15) is 6.61 Å². The first-order chi connectivity index (χ1) is 7.85. The van der Waals surface area contributed by atoms with Gasteiger partial charge in [0.25, 0.3) is 5.69 Å². The van der Waals surface area contributed by atoms with Gasteiger partial charge in [0, 0.05) is 6.07 Å². The van der Waals surface area contributed by atoms with Crippen molar-refractivity contribution in [3.05, 3.63) is 34.1 Å². The highest BCUT2D eigenvalue weighted by Gasteiger charge is 2.20. The number of benzene rings is 1. The van der Waals surface area contributed by atoms with E-state index in [1.807, 2.05) is 0 Å². The van der Waals surface area contributed by atoms with Crippen molar-refractivity contribution in [2.45, 2.75) is 25.9 Å². The van der Waals surface area contributed by atoms with E-state index in [0.29, 0.717) is 6.42 Å². The highest BCUT2D eigenvalue weighted by atomic mass is 19.1. The Morgan fingerprint density at radius 2 is 2.24 bits per heavy atom. The molecule has 0 bridgehead atoms. The third kappa shape index (κ3) is 3.67. The van der Waals surface area contributed by atoms with Gasteiger partial charge in [-0.2, -0.15) is 0 Å². The average Bonchev–Trinajstić information content (AvgIpc) is 2.27. The second kappa shape index (κ2) is 5.09.